The van der Waals surface area contributed by atoms with Crippen LogP contribution in [-0.4, -0.2) is 19.1 Å². The van der Waals surface area contributed by atoms with E-state index in [9.17, 15) is 4.79 Å². The topological polar surface area (TPSA) is 38.3 Å². The minimum Gasteiger partial charge on any atom is -0.497 e. The van der Waals surface area contributed by atoms with Crippen molar-refractivity contribution in [3.8, 4) is 5.75 Å². The number of nitrogens with one attached hydrogen (secondary N) is 1. The first-order valence-corrected chi connectivity index (χ1v) is 8.48. The first kappa shape index (κ1) is 16.3. The molecule has 0 unspecified atom stereocenters. The third-order valence-electron chi connectivity index (χ3n) is 4.45. The molecule has 1 amide bonds. The smallest absolute Gasteiger partial charge is 0.252 e. The number of benzene rings is 2. The van der Waals surface area contributed by atoms with Crippen molar-refractivity contribution >= 4 is 17.6 Å². The molecule has 0 spiro atoms. The summed E-state index contributed by atoms with van der Waals surface area (Å²) in [6, 6.07) is 17.9. The van der Waals surface area contributed by atoms with Gasteiger partial charge in [-0.1, -0.05) is 55.3 Å². The van der Waals surface area contributed by atoms with E-state index in [1.54, 1.807) is 7.11 Å². The molecule has 0 aliphatic heterocycles. The van der Waals surface area contributed by atoms with Crippen LogP contribution in [0.3, 0.4) is 0 Å². The van der Waals surface area contributed by atoms with Crippen LogP contribution in [0.2, 0.25) is 0 Å². The predicted molar refractivity (Wildman–Crippen MR) is 97.7 cm³/mol. The lowest BCUT2D eigenvalue weighted by atomic mass is 10.0. The van der Waals surface area contributed by atoms with Crippen LogP contribution in [0.25, 0.3) is 11.6 Å². The van der Waals surface area contributed by atoms with E-state index in [1.807, 2.05) is 60.7 Å². The Morgan fingerprint density at radius 2 is 1.71 bits per heavy atom. The number of methoxy groups -OCH3 is 1. The third-order valence-corrected chi connectivity index (χ3v) is 4.45. The molecule has 0 bridgehead atoms. The van der Waals surface area contributed by atoms with Gasteiger partial charge in [-0.05, 0) is 42.2 Å². The third kappa shape index (κ3) is 4.05. The van der Waals surface area contributed by atoms with Gasteiger partial charge in [0.15, 0.2) is 0 Å². The maximum Gasteiger partial charge on any atom is 0.252 e. The van der Waals surface area contributed by atoms with Crippen LogP contribution in [0.1, 0.15) is 36.8 Å². The molecule has 0 atom stereocenters. The molecule has 1 aliphatic carbocycles. The largest absolute Gasteiger partial charge is 0.497 e. The fourth-order valence-corrected chi connectivity index (χ4v) is 3.10. The van der Waals surface area contributed by atoms with Crippen LogP contribution in [0, 0.1) is 0 Å². The lowest BCUT2D eigenvalue weighted by molar-refractivity contribution is -0.116. The molecule has 3 nitrogen and oxygen atoms in total. The van der Waals surface area contributed by atoms with Crippen molar-refractivity contribution in [2.24, 2.45) is 0 Å². The Balaban J connectivity index is 1.88. The molecule has 1 fully saturated rings. The molecule has 24 heavy (non-hydrogen) atoms. The molecule has 0 heterocycles. The zero-order chi connectivity index (χ0) is 16.8. The lowest BCUT2D eigenvalue weighted by Crippen LogP contribution is -2.33. The summed E-state index contributed by atoms with van der Waals surface area (Å²) in [4.78, 5) is 12.8. The monoisotopic (exact) mass is 321 g/mol. The summed E-state index contributed by atoms with van der Waals surface area (Å²) in [5.41, 5.74) is 2.62. The Morgan fingerprint density at radius 1 is 1.04 bits per heavy atom. The number of ether oxygens (including phenoxy) is 1. The van der Waals surface area contributed by atoms with Crippen LogP contribution in [0.15, 0.2) is 54.6 Å². The maximum atomic E-state index is 12.8. The van der Waals surface area contributed by atoms with Crippen molar-refractivity contribution < 1.29 is 9.53 Å². The Hall–Kier alpha value is -2.55. The van der Waals surface area contributed by atoms with Crippen LogP contribution in [0.4, 0.5) is 0 Å². The maximum absolute atomic E-state index is 12.8. The van der Waals surface area contributed by atoms with E-state index >= 15 is 0 Å². The zero-order valence-electron chi connectivity index (χ0n) is 14.0. The average molecular weight is 321 g/mol. The van der Waals surface area contributed by atoms with Crippen molar-refractivity contribution in [1.29, 1.82) is 0 Å². The van der Waals surface area contributed by atoms with Crippen molar-refractivity contribution in [3.63, 3.8) is 0 Å². The summed E-state index contributed by atoms with van der Waals surface area (Å²) in [7, 11) is 1.65. The van der Waals surface area contributed by atoms with Crippen LogP contribution in [-0.2, 0) is 4.79 Å². The minimum absolute atomic E-state index is 0.00363. The second-order valence-corrected chi connectivity index (χ2v) is 6.15. The summed E-state index contributed by atoms with van der Waals surface area (Å²) in [5, 5.41) is 3.19. The summed E-state index contributed by atoms with van der Waals surface area (Å²) in [6.07, 6.45) is 6.51. The number of amides is 1. The second kappa shape index (κ2) is 7.82. The number of carbonyl (C=O) groups is 1. The molecule has 2 aromatic rings. The summed E-state index contributed by atoms with van der Waals surface area (Å²) in [5.74, 6) is 0.813. The van der Waals surface area contributed by atoms with Gasteiger partial charge in [-0.3, -0.25) is 4.79 Å². The molecule has 0 saturated heterocycles. The molecule has 1 N–H and O–H groups in total. The Bertz CT molecular complexity index is 698. The van der Waals surface area contributed by atoms with Crippen molar-refractivity contribution in [1.82, 2.24) is 5.32 Å². The molecule has 124 valence electrons. The van der Waals surface area contributed by atoms with Gasteiger partial charge in [0.1, 0.15) is 5.75 Å². The van der Waals surface area contributed by atoms with E-state index in [4.69, 9.17) is 4.74 Å². The number of carbonyl (C=O) groups excluding carboxylic acids is 1. The van der Waals surface area contributed by atoms with E-state index in [-0.39, 0.29) is 5.91 Å². The van der Waals surface area contributed by atoms with E-state index in [2.05, 4.69) is 5.32 Å². The number of rotatable bonds is 5. The van der Waals surface area contributed by atoms with E-state index < -0.39 is 0 Å². The highest BCUT2D eigenvalue weighted by molar-refractivity contribution is 6.24. The number of hydrogen-bond donors (Lipinski definition) is 1. The first-order chi connectivity index (χ1) is 11.8. The molecule has 1 saturated carbocycles. The molecule has 3 heteroatoms. The van der Waals surface area contributed by atoms with Gasteiger partial charge in [-0.25, -0.2) is 0 Å². The zero-order valence-corrected chi connectivity index (χ0v) is 14.0. The summed E-state index contributed by atoms with van der Waals surface area (Å²) in [6.45, 7) is 0. The minimum atomic E-state index is 0.00363. The molecule has 1 aliphatic rings. The molecular weight excluding hydrogens is 298 g/mol. The van der Waals surface area contributed by atoms with E-state index in [0.717, 1.165) is 29.7 Å². The van der Waals surface area contributed by atoms with Gasteiger partial charge in [-0.2, -0.15) is 0 Å². The van der Waals surface area contributed by atoms with E-state index in [1.165, 1.54) is 12.8 Å². The average Bonchev–Trinajstić information content (AvgIpc) is 3.14. The molecular formula is C21H23NO2. The first-order valence-electron chi connectivity index (χ1n) is 8.48. The van der Waals surface area contributed by atoms with Crippen LogP contribution >= 0.6 is 0 Å². The molecule has 2 aromatic carbocycles. The summed E-state index contributed by atoms with van der Waals surface area (Å²) >= 11 is 0. The van der Waals surface area contributed by atoms with Crippen molar-refractivity contribution in [2.75, 3.05) is 7.11 Å². The Kier molecular flexibility index (Phi) is 5.32. The fraction of sp³-hybridized carbons (Fsp3) is 0.286. The number of hydrogen-bond acceptors (Lipinski definition) is 2. The van der Waals surface area contributed by atoms with Gasteiger partial charge in [0.2, 0.25) is 0 Å². The van der Waals surface area contributed by atoms with Gasteiger partial charge in [0.25, 0.3) is 5.91 Å². The molecule has 0 aromatic heterocycles. The lowest BCUT2D eigenvalue weighted by Gasteiger charge is -2.14. The Morgan fingerprint density at radius 3 is 2.33 bits per heavy atom. The highest BCUT2D eigenvalue weighted by Crippen LogP contribution is 2.23. The van der Waals surface area contributed by atoms with Crippen molar-refractivity contribution in [3.05, 3.63) is 65.7 Å². The second-order valence-electron chi connectivity index (χ2n) is 6.15. The van der Waals surface area contributed by atoms with E-state index in [0.29, 0.717) is 11.6 Å². The standard InChI is InChI=1S/C21H23NO2/c1-24-19-13-11-16(12-14-19)15-20(17-7-3-2-4-8-17)21(23)22-18-9-5-6-10-18/h2-4,7-8,11-15,18H,5-6,9-10H2,1H3,(H,22,23)/b20-15+. The Labute approximate surface area is 143 Å². The fourth-order valence-electron chi connectivity index (χ4n) is 3.10. The quantitative estimate of drug-likeness (QED) is 0.659. The van der Waals surface area contributed by atoms with Crippen LogP contribution < -0.4 is 10.1 Å². The van der Waals surface area contributed by atoms with Gasteiger partial charge in [0, 0.05) is 11.6 Å². The molecule has 0 radical (unpaired) electrons. The van der Waals surface area contributed by atoms with Gasteiger partial charge < -0.3 is 10.1 Å². The van der Waals surface area contributed by atoms with Crippen LogP contribution in [0.5, 0.6) is 5.75 Å². The highest BCUT2D eigenvalue weighted by atomic mass is 16.5. The van der Waals surface area contributed by atoms with Gasteiger partial charge in [-0.15, -0.1) is 0 Å². The molecule has 3 rings (SSSR count). The SMILES string of the molecule is COc1ccc(/C=C(/C(=O)NC2CCCC2)c2ccccc2)cc1. The predicted octanol–water partition coefficient (Wildman–Crippen LogP) is 4.29. The van der Waals surface area contributed by atoms with Gasteiger partial charge in [0.05, 0.1) is 7.11 Å². The van der Waals surface area contributed by atoms with Crippen molar-refractivity contribution in [2.45, 2.75) is 31.7 Å². The summed E-state index contributed by atoms with van der Waals surface area (Å²) < 4.78 is 5.19. The normalized spacial score (nSPS) is 15.3. The van der Waals surface area contributed by atoms with Gasteiger partial charge >= 0.3 is 0 Å². The highest BCUT2D eigenvalue weighted by Gasteiger charge is 2.20.